The number of rotatable bonds is 0. The van der Waals surface area contributed by atoms with Crippen molar-refractivity contribution < 1.29 is 4.79 Å². The molecule has 1 aromatic rings. The molecule has 3 heterocycles. The van der Waals surface area contributed by atoms with Crippen molar-refractivity contribution in [2.45, 2.75) is 37.3 Å². The molecule has 4 rings (SSSR count). The molecule has 88 valence electrons. The van der Waals surface area contributed by atoms with Gasteiger partial charge in [-0.1, -0.05) is 18.2 Å². The van der Waals surface area contributed by atoms with E-state index in [4.69, 9.17) is 0 Å². The molecule has 0 aliphatic carbocycles. The van der Waals surface area contributed by atoms with Gasteiger partial charge in [0.25, 0.3) is 0 Å². The minimum absolute atomic E-state index is 0.197. The second-order valence-electron chi connectivity index (χ2n) is 5.39. The Bertz CT molecular complexity index is 499. The number of para-hydroxylation sites is 1. The lowest BCUT2D eigenvalue weighted by Gasteiger charge is -2.32. The van der Waals surface area contributed by atoms with Crippen molar-refractivity contribution in [2.24, 2.45) is 0 Å². The van der Waals surface area contributed by atoms with Gasteiger partial charge in [-0.3, -0.25) is 9.69 Å². The number of hydrogen-bond donors (Lipinski definition) is 1. The van der Waals surface area contributed by atoms with Crippen LogP contribution in [0.1, 0.15) is 31.2 Å². The summed E-state index contributed by atoms with van der Waals surface area (Å²) in [6.07, 6.45) is 4.65. The molecule has 2 unspecified atom stereocenters. The maximum atomic E-state index is 12.4. The van der Waals surface area contributed by atoms with E-state index in [0.29, 0.717) is 6.04 Å². The summed E-state index contributed by atoms with van der Waals surface area (Å²) in [7, 11) is 0. The number of benzene rings is 1. The molecule has 3 nitrogen and oxygen atoms in total. The van der Waals surface area contributed by atoms with Crippen molar-refractivity contribution in [1.82, 2.24) is 4.90 Å². The number of amides is 1. The average molecular weight is 228 g/mol. The zero-order valence-corrected chi connectivity index (χ0v) is 9.78. The highest BCUT2D eigenvalue weighted by atomic mass is 16.2. The van der Waals surface area contributed by atoms with E-state index in [9.17, 15) is 4.79 Å². The Balaban J connectivity index is 1.90. The van der Waals surface area contributed by atoms with E-state index in [1.165, 1.54) is 24.8 Å². The normalized spacial score (nSPS) is 35.1. The van der Waals surface area contributed by atoms with Crippen LogP contribution in [0.25, 0.3) is 0 Å². The minimum atomic E-state index is -0.336. The highest BCUT2D eigenvalue weighted by Gasteiger charge is 2.57. The average Bonchev–Trinajstić information content (AvgIpc) is 2.97. The van der Waals surface area contributed by atoms with E-state index in [1.54, 1.807) is 0 Å². The van der Waals surface area contributed by atoms with Gasteiger partial charge in [0.05, 0.1) is 0 Å². The van der Waals surface area contributed by atoms with E-state index in [0.717, 1.165) is 18.7 Å². The number of fused-ring (bicyclic) bond motifs is 4. The highest BCUT2D eigenvalue weighted by Crippen LogP contribution is 2.51. The lowest BCUT2D eigenvalue weighted by atomic mass is 9.88. The first-order chi connectivity index (χ1) is 8.32. The Labute approximate surface area is 101 Å². The Hall–Kier alpha value is -1.35. The predicted molar refractivity (Wildman–Crippen MR) is 65.7 cm³/mol. The molecule has 3 aliphatic heterocycles. The first kappa shape index (κ1) is 9.66. The fourth-order valence-electron chi connectivity index (χ4n) is 3.99. The predicted octanol–water partition coefficient (Wildman–Crippen LogP) is 2.09. The molecule has 3 heteroatoms. The molecule has 0 aromatic heterocycles. The second-order valence-corrected chi connectivity index (χ2v) is 5.39. The van der Waals surface area contributed by atoms with Gasteiger partial charge in [0.15, 0.2) is 0 Å². The summed E-state index contributed by atoms with van der Waals surface area (Å²) < 4.78 is 0. The van der Waals surface area contributed by atoms with Crippen molar-refractivity contribution in [3.8, 4) is 0 Å². The molecule has 0 saturated carbocycles. The summed E-state index contributed by atoms with van der Waals surface area (Å²) in [6.45, 7) is 1.08. The molecule has 1 spiro atoms. The summed E-state index contributed by atoms with van der Waals surface area (Å²) in [6, 6.07) is 8.81. The second kappa shape index (κ2) is 3.10. The monoisotopic (exact) mass is 228 g/mol. The van der Waals surface area contributed by atoms with E-state index in [2.05, 4.69) is 16.3 Å². The SMILES string of the molecule is O=C1Nc2ccccc2C12CCC1CCCN12. The van der Waals surface area contributed by atoms with E-state index in [1.807, 2.05) is 18.2 Å². The Morgan fingerprint density at radius 2 is 2.18 bits per heavy atom. The molecule has 2 atom stereocenters. The molecule has 17 heavy (non-hydrogen) atoms. The van der Waals surface area contributed by atoms with Gasteiger partial charge in [-0.25, -0.2) is 0 Å². The largest absolute Gasteiger partial charge is 0.324 e. The van der Waals surface area contributed by atoms with Crippen LogP contribution in [0.3, 0.4) is 0 Å². The lowest BCUT2D eigenvalue weighted by Crippen LogP contribution is -2.47. The Morgan fingerprint density at radius 1 is 1.29 bits per heavy atom. The molecule has 2 fully saturated rings. The lowest BCUT2D eigenvalue weighted by molar-refractivity contribution is -0.126. The quantitative estimate of drug-likeness (QED) is 0.737. The maximum absolute atomic E-state index is 12.4. The van der Waals surface area contributed by atoms with E-state index >= 15 is 0 Å². The van der Waals surface area contributed by atoms with Crippen molar-refractivity contribution >= 4 is 11.6 Å². The smallest absolute Gasteiger partial charge is 0.249 e. The molecule has 0 radical (unpaired) electrons. The zero-order valence-electron chi connectivity index (χ0n) is 9.78. The van der Waals surface area contributed by atoms with Crippen LogP contribution in [0.15, 0.2) is 24.3 Å². The molecule has 1 aromatic carbocycles. The molecule has 2 saturated heterocycles. The van der Waals surface area contributed by atoms with Crippen LogP contribution >= 0.6 is 0 Å². The van der Waals surface area contributed by atoms with Crippen LogP contribution < -0.4 is 5.32 Å². The highest BCUT2D eigenvalue weighted by molar-refractivity contribution is 6.06. The third kappa shape index (κ3) is 1.03. The zero-order chi connectivity index (χ0) is 11.5. The van der Waals surface area contributed by atoms with Gasteiger partial charge in [-0.2, -0.15) is 0 Å². The molecular formula is C14H16N2O. The number of carbonyl (C=O) groups is 1. The van der Waals surface area contributed by atoms with Gasteiger partial charge in [-0.15, -0.1) is 0 Å². The van der Waals surface area contributed by atoms with Crippen molar-refractivity contribution in [2.75, 3.05) is 11.9 Å². The first-order valence-corrected chi connectivity index (χ1v) is 6.50. The van der Waals surface area contributed by atoms with E-state index in [-0.39, 0.29) is 11.4 Å². The molecule has 3 aliphatic rings. The topological polar surface area (TPSA) is 32.3 Å². The number of carbonyl (C=O) groups excluding carboxylic acids is 1. The van der Waals surface area contributed by atoms with Crippen LogP contribution in [0.4, 0.5) is 5.69 Å². The van der Waals surface area contributed by atoms with Gasteiger partial charge in [-0.05, 0) is 38.3 Å². The van der Waals surface area contributed by atoms with Crippen molar-refractivity contribution in [1.29, 1.82) is 0 Å². The fourth-order valence-corrected chi connectivity index (χ4v) is 3.99. The summed E-state index contributed by atoms with van der Waals surface area (Å²) in [4.78, 5) is 14.9. The Morgan fingerprint density at radius 3 is 3.12 bits per heavy atom. The molecule has 1 amide bonds. The van der Waals surface area contributed by atoms with Gasteiger partial charge in [0, 0.05) is 17.3 Å². The number of nitrogens with one attached hydrogen (secondary N) is 1. The molecular weight excluding hydrogens is 212 g/mol. The summed E-state index contributed by atoms with van der Waals surface area (Å²) in [5.41, 5.74) is 1.89. The third-order valence-corrected chi connectivity index (χ3v) is 4.70. The molecule has 0 bridgehead atoms. The van der Waals surface area contributed by atoms with Gasteiger partial charge in [0.2, 0.25) is 5.91 Å². The van der Waals surface area contributed by atoms with Crippen LogP contribution in [-0.4, -0.2) is 23.4 Å². The van der Waals surface area contributed by atoms with Crippen LogP contribution in [0, 0.1) is 0 Å². The van der Waals surface area contributed by atoms with Crippen LogP contribution in [-0.2, 0) is 10.3 Å². The van der Waals surface area contributed by atoms with Crippen molar-refractivity contribution in [3.63, 3.8) is 0 Å². The van der Waals surface area contributed by atoms with Crippen molar-refractivity contribution in [3.05, 3.63) is 29.8 Å². The number of anilines is 1. The number of hydrogen-bond acceptors (Lipinski definition) is 2. The standard InChI is InChI=1S/C14H16N2O/c17-13-14(8-7-10-4-3-9-16(10)14)11-5-1-2-6-12(11)15-13/h1-2,5-6,10H,3-4,7-9H2,(H,15,17). The van der Waals surface area contributed by atoms with Crippen LogP contribution in [0.2, 0.25) is 0 Å². The maximum Gasteiger partial charge on any atom is 0.249 e. The van der Waals surface area contributed by atoms with Gasteiger partial charge in [0.1, 0.15) is 5.54 Å². The Kier molecular flexibility index (Phi) is 1.76. The fraction of sp³-hybridized carbons (Fsp3) is 0.500. The summed E-state index contributed by atoms with van der Waals surface area (Å²) >= 11 is 0. The molecule has 1 N–H and O–H groups in total. The van der Waals surface area contributed by atoms with Crippen LogP contribution in [0.5, 0.6) is 0 Å². The summed E-state index contributed by atoms with van der Waals surface area (Å²) in [5.74, 6) is 0.197. The van der Waals surface area contributed by atoms with Gasteiger partial charge >= 0.3 is 0 Å². The van der Waals surface area contributed by atoms with E-state index < -0.39 is 0 Å². The first-order valence-electron chi connectivity index (χ1n) is 6.50. The third-order valence-electron chi connectivity index (χ3n) is 4.70. The summed E-state index contributed by atoms with van der Waals surface area (Å²) in [5, 5.41) is 3.06. The van der Waals surface area contributed by atoms with Gasteiger partial charge < -0.3 is 5.32 Å². The number of nitrogens with zero attached hydrogens (tertiary/aromatic N) is 1. The minimum Gasteiger partial charge on any atom is -0.324 e.